The molecule has 1 amide bonds. The van der Waals surface area contributed by atoms with Gasteiger partial charge in [0.1, 0.15) is 0 Å². The maximum Gasteiger partial charge on any atom is 0.254 e. The standard InChI is InChI=1S/C15H23N3O5S/c1-22-13-8-10(15(19)18-6-4-5-11(16)9-18)7-12(14(13)23-2)17-24(3,20)21/h7-8,11,17H,4-6,9,16H2,1-3H3. The van der Waals surface area contributed by atoms with E-state index in [1.807, 2.05) is 0 Å². The second kappa shape index (κ2) is 7.27. The molecule has 0 radical (unpaired) electrons. The number of likely N-dealkylation sites (tertiary alicyclic amines) is 1. The molecule has 1 saturated heterocycles. The zero-order valence-electron chi connectivity index (χ0n) is 14.0. The van der Waals surface area contributed by atoms with Gasteiger partial charge >= 0.3 is 0 Å². The topological polar surface area (TPSA) is 111 Å². The van der Waals surface area contributed by atoms with Gasteiger partial charge in [-0.2, -0.15) is 0 Å². The zero-order valence-corrected chi connectivity index (χ0v) is 14.9. The summed E-state index contributed by atoms with van der Waals surface area (Å²) >= 11 is 0. The molecule has 1 atom stereocenters. The van der Waals surface area contributed by atoms with E-state index in [1.54, 1.807) is 4.90 Å². The Labute approximate surface area is 142 Å². The number of ether oxygens (including phenoxy) is 2. The fraction of sp³-hybridized carbons (Fsp3) is 0.533. The predicted octanol–water partition coefficient (Wildman–Crippen LogP) is 0.639. The lowest BCUT2D eigenvalue weighted by molar-refractivity contribution is 0.0708. The number of carbonyl (C=O) groups excluding carboxylic acids is 1. The van der Waals surface area contributed by atoms with E-state index in [4.69, 9.17) is 15.2 Å². The summed E-state index contributed by atoms with van der Waals surface area (Å²) in [6, 6.07) is 2.94. The van der Waals surface area contributed by atoms with Crippen LogP contribution in [0.4, 0.5) is 5.69 Å². The van der Waals surface area contributed by atoms with Crippen LogP contribution in [0.3, 0.4) is 0 Å². The molecule has 0 saturated carbocycles. The number of hydrogen-bond acceptors (Lipinski definition) is 6. The van der Waals surface area contributed by atoms with Crippen molar-refractivity contribution in [3.05, 3.63) is 17.7 Å². The van der Waals surface area contributed by atoms with Gasteiger partial charge in [0.2, 0.25) is 10.0 Å². The number of nitrogens with zero attached hydrogens (tertiary/aromatic N) is 1. The van der Waals surface area contributed by atoms with Crippen LogP contribution in [-0.2, 0) is 10.0 Å². The summed E-state index contributed by atoms with van der Waals surface area (Å²) in [5, 5.41) is 0. The molecule has 1 unspecified atom stereocenters. The summed E-state index contributed by atoms with van der Waals surface area (Å²) in [5.41, 5.74) is 6.39. The fourth-order valence-electron chi connectivity index (χ4n) is 2.74. The largest absolute Gasteiger partial charge is 0.493 e. The highest BCUT2D eigenvalue weighted by Gasteiger charge is 2.25. The number of amides is 1. The Morgan fingerprint density at radius 3 is 2.58 bits per heavy atom. The van der Waals surface area contributed by atoms with E-state index in [-0.39, 0.29) is 29.1 Å². The molecule has 1 heterocycles. The molecule has 1 aliphatic rings. The minimum absolute atomic E-state index is 0.0449. The number of sulfonamides is 1. The van der Waals surface area contributed by atoms with Gasteiger partial charge in [0.15, 0.2) is 11.5 Å². The van der Waals surface area contributed by atoms with Crippen molar-refractivity contribution >= 4 is 21.6 Å². The molecule has 2 rings (SSSR count). The minimum Gasteiger partial charge on any atom is -0.493 e. The van der Waals surface area contributed by atoms with E-state index in [9.17, 15) is 13.2 Å². The molecule has 3 N–H and O–H groups in total. The van der Waals surface area contributed by atoms with Crippen molar-refractivity contribution in [2.24, 2.45) is 5.73 Å². The third-order valence-corrected chi connectivity index (χ3v) is 4.36. The van der Waals surface area contributed by atoms with Crippen molar-refractivity contribution in [3.63, 3.8) is 0 Å². The Kier molecular flexibility index (Phi) is 5.55. The average Bonchev–Trinajstić information content (AvgIpc) is 2.51. The number of piperidine rings is 1. The second-order valence-electron chi connectivity index (χ2n) is 5.79. The molecule has 0 bridgehead atoms. The van der Waals surface area contributed by atoms with E-state index in [0.29, 0.717) is 18.7 Å². The lowest BCUT2D eigenvalue weighted by Crippen LogP contribution is -2.45. The van der Waals surface area contributed by atoms with E-state index >= 15 is 0 Å². The third kappa shape index (κ3) is 4.30. The SMILES string of the molecule is COc1cc(C(=O)N2CCCC(N)C2)cc(NS(C)(=O)=O)c1OC. The summed E-state index contributed by atoms with van der Waals surface area (Å²) in [6.07, 6.45) is 2.75. The lowest BCUT2D eigenvalue weighted by Gasteiger charge is -2.31. The normalized spacial score (nSPS) is 18.2. The third-order valence-electron chi connectivity index (χ3n) is 3.77. The summed E-state index contributed by atoms with van der Waals surface area (Å²) in [4.78, 5) is 14.4. The Morgan fingerprint density at radius 1 is 1.33 bits per heavy atom. The first-order valence-electron chi connectivity index (χ1n) is 7.54. The Bertz CT molecular complexity index is 720. The maximum atomic E-state index is 12.7. The van der Waals surface area contributed by atoms with Crippen LogP contribution in [0.25, 0.3) is 0 Å². The lowest BCUT2D eigenvalue weighted by atomic mass is 10.0. The summed E-state index contributed by atoms with van der Waals surface area (Å²) in [5.74, 6) is 0.272. The van der Waals surface area contributed by atoms with Crippen LogP contribution >= 0.6 is 0 Å². The number of methoxy groups -OCH3 is 2. The first-order chi connectivity index (χ1) is 11.2. The number of hydrogen-bond donors (Lipinski definition) is 2. The summed E-state index contributed by atoms with van der Waals surface area (Å²) in [7, 11) is -0.718. The van der Waals surface area contributed by atoms with Crippen LogP contribution in [-0.4, -0.2) is 58.8 Å². The minimum atomic E-state index is -3.54. The molecule has 0 spiro atoms. The van der Waals surface area contributed by atoms with Crippen LogP contribution in [0.2, 0.25) is 0 Å². The Morgan fingerprint density at radius 2 is 2.04 bits per heavy atom. The van der Waals surface area contributed by atoms with Gasteiger partial charge in [0.25, 0.3) is 5.91 Å². The van der Waals surface area contributed by atoms with Crippen molar-refractivity contribution in [1.82, 2.24) is 4.90 Å². The van der Waals surface area contributed by atoms with Crippen LogP contribution < -0.4 is 19.9 Å². The molecule has 0 aliphatic carbocycles. The van der Waals surface area contributed by atoms with E-state index in [0.717, 1.165) is 19.1 Å². The zero-order chi connectivity index (χ0) is 17.9. The van der Waals surface area contributed by atoms with E-state index < -0.39 is 10.0 Å². The van der Waals surface area contributed by atoms with E-state index in [2.05, 4.69) is 4.72 Å². The second-order valence-corrected chi connectivity index (χ2v) is 7.54. The molecule has 1 aliphatic heterocycles. The number of nitrogens with two attached hydrogens (primary N) is 1. The molecular formula is C15H23N3O5S. The Balaban J connectivity index is 2.42. The molecule has 1 aromatic carbocycles. The molecular weight excluding hydrogens is 334 g/mol. The summed E-state index contributed by atoms with van der Waals surface area (Å²) in [6.45, 7) is 1.09. The van der Waals surface area contributed by atoms with Crippen molar-refractivity contribution in [1.29, 1.82) is 0 Å². The average molecular weight is 357 g/mol. The molecule has 134 valence electrons. The van der Waals surface area contributed by atoms with Gasteiger partial charge in [-0.1, -0.05) is 0 Å². The van der Waals surface area contributed by atoms with Crippen LogP contribution in [0.15, 0.2) is 12.1 Å². The van der Waals surface area contributed by atoms with E-state index in [1.165, 1.54) is 26.4 Å². The first-order valence-corrected chi connectivity index (χ1v) is 9.43. The smallest absolute Gasteiger partial charge is 0.254 e. The fourth-order valence-corrected chi connectivity index (χ4v) is 3.29. The molecule has 8 nitrogen and oxygen atoms in total. The van der Waals surface area contributed by atoms with Gasteiger partial charge in [-0.25, -0.2) is 8.42 Å². The number of carbonyl (C=O) groups is 1. The van der Waals surface area contributed by atoms with Gasteiger partial charge in [-0.05, 0) is 25.0 Å². The monoisotopic (exact) mass is 357 g/mol. The van der Waals surface area contributed by atoms with Gasteiger partial charge < -0.3 is 20.1 Å². The van der Waals surface area contributed by atoms with Crippen LogP contribution in [0.5, 0.6) is 11.5 Å². The highest BCUT2D eigenvalue weighted by Crippen LogP contribution is 2.37. The summed E-state index contributed by atoms with van der Waals surface area (Å²) < 4.78 is 36.0. The van der Waals surface area contributed by atoms with Crippen molar-refractivity contribution < 1.29 is 22.7 Å². The molecule has 1 fully saturated rings. The van der Waals surface area contributed by atoms with Crippen LogP contribution in [0, 0.1) is 0 Å². The molecule has 0 aromatic heterocycles. The highest BCUT2D eigenvalue weighted by molar-refractivity contribution is 7.92. The molecule has 9 heteroatoms. The van der Waals surface area contributed by atoms with Crippen molar-refractivity contribution in [2.45, 2.75) is 18.9 Å². The molecule has 24 heavy (non-hydrogen) atoms. The number of nitrogens with one attached hydrogen (secondary N) is 1. The number of anilines is 1. The maximum absolute atomic E-state index is 12.7. The van der Waals surface area contributed by atoms with Gasteiger partial charge in [-0.15, -0.1) is 0 Å². The Hall–Kier alpha value is -2.00. The molecule has 1 aromatic rings. The quantitative estimate of drug-likeness (QED) is 0.800. The predicted molar refractivity (Wildman–Crippen MR) is 91.1 cm³/mol. The number of benzene rings is 1. The van der Waals surface area contributed by atoms with Crippen molar-refractivity contribution in [3.8, 4) is 11.5 Å². The van der Waals surface area contributed by atoms with Crippen LogP contribution in [0.1, 0.15) is 23.2 Å². The highest BCUT2D eigenvalue weighted by atomic mass is 32.2. The van der Waals surface area contributed by atoms with Gasteiger partial charge in [0, 0.05) is 24.7 Å². The van der Waals surface area contributed by atoms with Crippen molar-refractivity contribution in [2.75, 3.05) is 38.3 Å². The number of rotatable bonds is 5. The van der Waals surface area contributed by atoms with Gasteiger partial charge in [0.05, 0.1) is 26.2 Å². The first kappa shape index (κ1) is 18.3. The van der Waals surface area contributed by atoms with Gasteiger partial charge in [-0.3, -0.25) is 9.52 Å².